The fraction of sp³-hybridized carbons (Fsp3) is 0.250. The van der Waals surface area contributed by atoms with E-state index >= 15 is 0 Å². The van der Waals surface area contributed by atoms with Gasteiger partial charge in [-0.3, -0.25) is 4.79 Å². The molecule has 0 bridgehead atoms. The van der Waals surface area contributed by atoms with Crippen molar-refractivity contribution in [3.63, 3.8) is 0 Å². The highest BCUT2D eigenvalue weighted by molar-refractivity contribution is 7.10. The van der Waals surface area contributed by atoms with Gasteiger partial charge in [-0.15, -0.1) is 5.10 Å². The summed E-state index contributed by atoms with van der Waals surface area (Å²) < 4.78 is 3.66. The van der Waals surface area contributed by atoms with Gasteiger partial charge in [-0.25, -0.2) is 0 Å². The Morgan fingerprint density at radius 1 is 1.39 bits per heavy atom. The molecule has 2 aromatic rings. The molecule has 0 saturated carbocycles. The van der Waals surface area contributed by atoms with Crippen LogP contribution in [0.1, 0.15) is 12.0 Å². The first-order valence-corrected chi connectivity index (χ1v) is 6.41. The molecule has 0 radical (unpaired) electrons. The van der Waals surface area contributed by atoms with E-state index in [2.05, 4.69) is 14.9 Å². The zero-order chi connectivity index (χ0) is 12.8. The number of hydrogen-bond acceptors (Lipinski definition) is 5. The maximum Gasteiger partial charge on any atom is 0.241 e. The predicted octanol–water partition coefficient (Wildman–Crippen LogP) is 1.44. The molecule has 1 aromatic heterocycles. The highest BCUT2D eigenvalue weighted by atomic mass is 32.1. The van der Waals surface area contributed by atoms with Crippen LogP contribution < -0.4 is 11.1 Å². The van der Waals surface area contributed by atoms with Crippen LogP contribution in [0.25, 0.3) is 0 Å². The summed E-state index contributed by atoms with van der Waals surface area (Å²) in [4.78, 5) is 11.7. The number of nitrogens with one attached hydrogen (secondary N) is 1. The molecule has 2 rings (SSSR count). The smallest absolute Gasteiger partial charge is 0.241 e. The largest absolute Gasteiger partial charge is 0.320 e. The Kier molecular flexibility index (Phi) is 4.38. The normalized spacial score (nSPS) is 12.1. The van der Waals surface area contributed by atoms with Crippen LogP contribution in [-0.4, -0.2) is 21.5 Å². The molecule has 1 atom stereocenters. The summed E-state index contributed by atoms with van der Waals surface area (Å²) in [5.74, 6) is -0.197. The summed E-state index contributed by atoms with van der Waals surface area (Å²) in [6, 6.07) is 9.45. The molecule has 0 saturated heterocycles. The van der Waals surface area contributed by atoms with Crippen LogP contribution in [0.5, 0.6) is 0 Å². The van der Waals surface area contributed by atoms with E-state index in [9.17, 15) is 4.79 Å². The molecule has 1 heterocycles. The lowest BCUT2D eigenvalue weighted by molar-refractivity contribution is -0.117. The molecule has 0 fully saturated rings. The van der Waals surface area contributed by atoms with Crippen LogP contribution in [0.4, 0.5) is 5.00 Å². The summed E-state index contributed by atoms with van der Waals surface area (Å²) >= 11 is 1.13. The van der Waals surface area contributed by atoms with Crippen molar-refractivity contribution in [1.29, 1.82) is 0 Å². The minimum atomic E-state index is -0.521. The summed E-state index contributed by atoms with van der Waals surface area (Å²) in [6.07, 6.45) is 2.91. The van der Waals surface area contributed by atoms with Gasteiger partial charge in [0.25, 0.3) is 0 Å². The molecule has 3 N–H and O–H groups in total. The van der Waals surface area contributed by atoms with Crippen molar-refractivity contribution < 1.29 is 4.79 Å². The van der Waals surface area contributed by atoms with E-state index in [1.54, 1.807) is 0 Å². The Bertz CT molecular complexity index is 486. The van der Waals surface area contributed by atoms with Gasteiger partial charge >= 0.3 is 0 Å². The van der Waals surface area contributed by atoms with Crippen molar-refractivity contribution in [3.05, 3.63) is 42.1 Å². The fourth-order valence-corrected chi connectivity index (χ4v) is 1.96. The Hall–Kier alpha value is -1.79. The minimum Gasteiger partial charge on any atom is -0.320 e. The van der Waals surface area contributed by atoms with Crippen LogP contribution in [0.15, 0.2) is 36.5 Å². The maximum absolute atomic E-state index is 11.7. The van der Waals surface area contributed by atoms with Crippen LogP contribution in [0, 0.1) is 0 Å². The van der Waals surface area contributed by atoms with Crippen molar-refractivity contribution in [2.45, 2.75) is 18.9 Å². The quantitative estimate of drug-likeness (QED) is 0.854. The van der Waals surface area contributed by atoms with Gasteiger partial charge in [0.2, 0.25) is 5.91 Å². The summed E-state index contributed by atoms with van der Waals surface area (Å²) in [7, 11) is 0. The number of amides is 1. The average molecular weight is 262 g/mol. The molecule has 18 heavy (non-hydrogen) atoms. The molecule has 0 aliphatic heterocycles. The van der Waals surface area contributed by atoms with E-state index in [0.717, 1.165) is 18.0 Å². The topological polar surface area (TPSA) is 80.9 Å². The third-order valence-electron chi connectivity index (χ3n) is 2.53. The number of carbonyl (C=O) groups excluding carboxylic acids is 1. The third-order valence-corrected chi connectivity index (χ3v) is 3.11. The lowest BCUT2D eigenvalue weighted by Crippen LogP contribution is -2.35. The molecule has 1 amide bonds. The van der Waals surface area contributed by atoms with Gasteiger partial charge in [-0.05, 0) is 18.4 Å². The summed E-state index contributed by atoms with van der Waals surface area (Å²) in [6.45, 7) is 0. The molecule has 0 aliphatic carbocycles. The number of nitrogens with zero attached hydrogens (tertiary/aromatic N) is 2. The fourth-order valence-electron chi connectivity index (χ4n) is 1.53. The molecular weight excluding hydrogens is 248 g/mol. The van der Waals surface area contributed by atoms with Crippen molar-refractivity contribution >= 4 is 22.4 Å². The Balaban J connectivity index is 1.81. The molecular formula is C12H14N4OS. The van der Waals surface area contributed by atoms with E-state index in [-0.39, 0.29) is 5.91 Å². The number of aromatic nitrogens is 2. The third kappa shape index (κ3) is 3.61. The van der Waals surface area contributed by atoms with E-state index in [1.165, 1.54) is 11.8 Å². The van der Waals surface area contributed by atoms with Crippen molar-refractivity contribution in [2.75, 3.05) is 5.32 Å². The van der Waals surface area contributed by atoms with Gasteiger partial charge in [0.05, 0.1) is 12.2 Å². The highest BCUT2D eigenvalue weighted by Gasteiger charge is 2.14. The van der Waals surface area contributed by atoms with Gasteiger partial charge in [0.1, 0.15) is 5.00 Å². The number of carbonyl (C=O) groups is 1. The first kappa shape index (κ1) is 12.7. The van der Waals surface area contributed by atoms with Crippen molar-refractivity contribution in [3.8, 4) is 0 Å². The summed E-state index contributed by atoms with van der Waals surface area (Å²) in [5.41, 5.74) is 7.01. The minimum absolute atomic E-state index is 0.197. The summed E-state index contributed by atoms with van der Waals surface area (Å²) in [5, 5.41) is 6.95. The van der Waals surface area contributed by atoms with E-state index in [0.29, 0.717) is 11.4 Å². The second-order valence-electron chi connectivity index (χ2n) is 3.90. The second-order valence-corrected chi connectivity index (χ2v) is 4.69. The van der Waals surface area contributed by atoms with Gasteiger partial charge in [-0.1, -0.05) is 34.8 Å². The highest BCUT2D eigenvalue weighted by Crippen LogP contribution is 2.10. The lowest BCUT2D eigenvalue weighted by atomic mass is 10.1. The molecule has 0 spiro atoms. The molecule has 94 valence electrons. The first-order chi connectivity index (χ1) is 8.75. The molecule has 1 aromatic carbocycles. The molecule has 0 aliphatic rings. The van der Waals surface area contributed by atoms with Crippen molar-refractivity contribution in [1.82, 2.24) is 9.59 Å². The van der Waals surface area contributed by atoms with E-state index in [4.69, 9.17) is 5.73 Å². The van der Waals surface area contributed by atoms with Crippen LogP contribution in [-0.2, 0) is 11.2 Å². The average Bonchev–Trinajstić information content (AvgIpc) is 2.90. The number of anilines is 1. The zero-order valence-corrected chi connectivity index (χ0v) is 10.6. The molecule has 5 nitrogen and oxygen atoms in total. The Morgan fingerprint density at radius 3 is 2.83 bits per heavy atom. The van der Waals surface area contributed by atoms with Gasteiger partial charge in [0, 0.05) is 11.5 Å². The number of aryl methyl sites for hydroxylation is 1. The maximum atomic E-state index is 11.7. The van der Waals surface area contributed by atoms with Gasteiger partial charge in [0.15, 0.2) is 0 Å². The van der Waals surface area contributed by atoms with E-state index < -0.39 is 6.04 Å². The van der Waals surface area contributed by atoms with Crippen LogP contribution in [0.2, 0.25) is 0 Å². The van der Waals surface area contributed by atoms with Crippen LogP contribution >= 0.6 is 11.5 Å². The molecule has 6 heteroatoms. The van der Waals surface area contributed by atoms with Gasteiger partial charge < -0.3 is 11.1 Å². The number of nitrogens with two attached hydrogens (primary N) is 1. The van der Waals surface area contributed by atoms with Crippen molar-refractivity contribution in [2.24, 2.45) is 5.73 Å². The molecule has 0 unspecified atom stereocenters. The first-order valence-electron chi connectivity index (χ1n) is 5.63. The number of hydrogen-bond donors (Lipinski definition) is 2. The monoisotopic (exact) mass is 262 g/mol. The Morgan fingerprint density at radius 2 is 2.17 bits per heavy atom. The second kappa shape index (κ2) is 6.23. The standard InChI is InChI=1S/C12H14N4OS/c13-10(7-6-9-4-2-1-3-5-9)12(17)15-11-8-14-16-18-11/h1-5,8,10H,6-7,13H2,(H,15,17)/t10-/m0/s1. The number of benzene rings is 1. The zero-order valence-electron chi connectivity index (χ0n) is 9.74. The predicted molar refractivity (Wildman–Crippen MR) is 71.3 cm³/mol. The van der Waals surface area contributed by atoms with Gasteiger partial charge in [-0.2, -0.15) is 0 Å². The Labute approximate surface area is 109 Å². The van der Waals surface area contributed by atoms with E-state index in [1.807, 2.05) is 30.3 Å². The van der Waals surface area contributed by atoms with Crippen LogP contribution in [0.3, 0.4) is 0 Å². The lowest BCUT2D eigenvalue weighted by Gasteiger charge is -2.10. The SMILES string of the molecule is N[C@@H](CCc1ccccc1)C(=O)Nc1cnns1. The number of rotatable bonds is 5.